The molecule has 0 saturated heterocycles. The third-order valence-corrected chi connectivity index (χ3v) is 20.2. The summed E-state index contributed by atoms with van der Waals surface area (Å²) in [6.45, 7) is 4.91. The molecule has 102 heavy (non-hydrogen) atoms. The maximum Gasteiger partial charge on any atom is 0.472 e. The van der Waals surface area contributed by atoms with Gasteiger partial charge >= 0.3 is 39.5 Å². The van der Waals surface area contributed by atoms with Gasteiger partial charge in [0.15, 0.2) is 12.2 Å². The highest BCUT2D eigenvalue weighted by molar-refractivity contribution is 7.47. The van der Waals surface area contributed by atoms with Crippen molar-refractivity contribution in [3.63, 3.8) is 0 Å². The van der Waals surface area contributed by atoms with E-state index >= 15 is 0 Å². The van der Waals surface area contributed by atoms with Crippen LogP contribution in [0.2, 0.25) is 0 Å². The molecule has 0 heterocycles. The molecular formula is C83H154O17P2. The Labute approximate surface area is 623 Å². The zero-order chi connectivity index (χ0) is 74.6. The summed E-state index contributed by atoms with van der Waals surface area (Å²) in [5.41, 5.74) is 0. The lowest BCUT2D eigenvalue weighted by Crippen LogP contribution is -2.30. The maximum absolute atomic E-state index is 13.1. The van der Waals surface area contributed by atoms with Gasteiger partial charge in [-0.3, -0.25) is 37.3 Å². The van der Waals surface area contributed by atoms with Gasteiger partial charge in [-0.05, 0) is 109 Å². The summed E-state index contributed by atoms with van der Waals surface area (Å²) in [5.74, 6) is -2.17. The van der Waals surface area contributed by atoms with Crippen molar-refractivity contribution in [2.24, 2.45) is 0 Å². The monoisotopic (exact) mass is 1490 g/mol. The SMILES string of the molecule is CCCCC/C=C\C/C=C\CCCCCCCC(=O)O[C@H](COC(=O)CCCCCCCCCCCCCCCCCCC)COP(=O)(O)OC[C@@H](O)COP(=O)(O)OC[C@@H](COC(=O)CCCCCCC/C=C\CCCCCCCC)OC(=O)CCCCCCC/C=C\CCCCCCCC. The van der Waals surface area contributed by atoms with Crippen molar-refractivity contribution in [3.05, 3.63) is 48.6 Å². The van der Waals surface area contributed by atoms with Crippen LogP contribution in [0.15, 0.2) is 48.6 Å². The van der Waals surface area contributed by atoms with Gasteiger partial charge in [-0.25, -0.2) is 9.13 Å². The van der Waals surface area contributed by atoms with Gasteiger partial charge in [0.2, 0.25) is 0 Å². The molecule has 0 aliphatic carbocycles. The van der Waals surface area contributed by atoms with Crippen LogP contribution in [0.5, 0.6) is 0 Å². The minimum absolute atomic E-state index is 0.0851. The Bertz CT molecular complexity index is 2120. The zero-order valence-electron chi connectivity index (χ0n) is 65.6. The third-order valence-electron chi connectivity index (χ3n) is 18.3. The standard InChI is InChI=1S/C83H154O17P2/c1-5-9-13-17-21-25-29-33-37-38-42-44-48-52-56-60-64-68-81(86)94-74-79(100-83(88)70-66-62-58-54-50-46-41-36-32-28-24-20-16-12-8-4)76-98-102(91,92)96-72-77(84)71-95-101(89,90)97-75-78(99-82(87)69-65-61-57-53-49-45-40-35-31-27-23-19-15-11-7-3)73-93-80(85)67-63-59-55-51-47-43-39-34-30-26-22-18-14-10-6-2/h24,28,34-36,39-41,77-79,84H,5-23,25-27,29-33,37-38,42-76H2,1-4H3,(H,89,90)(H,91,92)/b28-24-,39-34-,40-35-,41-36-/t77-,78+,79+/m0/s1. The van der Waals surface area contributed by atoms with Crippen LogP contribution in [0, 0.1) is 0 Å². The van der Waals surface area contributed by atoms with Crippen molar-refractivity contribution in [2.75, 3.05) is 39.6 Å². The zero-order valence-corrected chi connectivity index (χ0v) is 67.3. The van der Waals surface area contributed by atoms with E-state index in [1.807, 2.05) is 0 Å². The molecule has 0 radical (unpaired) electrons. The number of esters is 4. The van der Waals surface area contributed by atoms with Gasteiger partial charge in [0.05, 0.1) is 26.4 Å². The number of carbonyl (C=O) groups excluding carboxylic acids is 4. The summed E-state index contributed by atoms with van der Waals surface area (Å²) in [6, 6.07) is 0. The molecule has 0 fully saturated rings. The van der Waals surface area contributed by atoms with Gasteiger partial charge < -0.3 is 33.8 Å². The predicted octanol–water partition coefficient (Wildman–Crippen LogP) is 24.5. The number of phosphoric ester groups is 2. The van der Waals surface area contributed by atoms with Crippen LogP contribution in [0.3, 0.4) is 0 Å². The maximum atomic E-state index is 13.1. The molecule has 19 heteroatoms. The number of phosphoric acid groups is 2. The van der Waals surface area contributed by atoms with E-state index < -0.39 is 97.5 Å². The van der Waals surface area contributed by atoms with E-state index in [4.69, 9.17) is 37.0 Å². The summed E-state index contributed by atoms with van der Waals surface area (Å²) >= 11 is 0. The lowest BCUT2D eigenvalue weighted by Gasteiger charge is -2.21. The van der Waals surface area contributed by atoms with E-state index in [1.165, 1.54) is 180 Å². The number of aliphatic hydroxyl groups is 1. The summed E-state index contributed by atoms with van der Waals surface area (Å²) in [7, 11) is -9.95. The average Bonchev–Trinajstić information content (AvgIpc) is 0.919. The summed E-state index contributed by atoms with van der Waals surface area (Å²) in [4.78, 5) is 73.1. The Kier molecular flexibility index (Phi) is 74.0. The number of hydrogen-bond donors (Lipinski definition) is 3. The molecule has 0 saturated carbocycles. The number of unbranched alkanes of at least 4 members (excludes halogenated alkanes) is 46. The lowest BCUT2D eigenvalue weighted by molar-refractivity contribution is -0.161. The first-order chi connectivity index (χ1) is 49.7. The first-order valence-corrected chi connectivity index (χ1v) is 44.9. The molecule has 0 bridgehead atoms. The van der Waals surface area contributed by atoms with Crippen LogP contribution in [0.4, 0.5) is 0 Å². The average molecular weight is 1490 g/mol. The molecular weight excluding hydrogens is 1330 g/mol. The molecule has 2 unspecified atom stereocenters. The highest BCUT2D eigenvalue weighted by Crippen LogP contribution is 2.45. The van der Waals surface area contributed by atoms with E-state index in [2.05, 4.69) is 76.3 Å². The number of carbonyl (C=O) groups is 4. The fourth-order valence-corrected chi connectivity index (χ4v) is 13.4. The second-order valence-corrected chi connectivity index (χ2v) is 31.3. The minimum Gasteiger partial charge on any atom is -0.462 e. The Hall–Kier alpha value is -2.98. The van der Waals surface area contributed by atoms with Crippen molar-refractivity contribution in [1.29, 1.82) is 0 Å². The Morgan fingerprint density at radius 2 is 0.480 bits per heavy atom. The number of hydrogen-bond acceptors (Lipinski definition) is 15. The molecule has 5 atom stereocenters. The number of rotatable bonds is 80. The molecule has 0 aromatic rings. The topological polar surface area (TPSA) is 237 Å². The van der Waals surface area contributed by atoms with Gasteiger partial charge in [-0.1, -0.05) is 314 Å². The first kappa shape index (κ1) is 99.0. The second kappa shape index (κ2) is 76.2. The van der Waals surface area contributed by atoms with Gasteiger partial charge in [0, 0.05) is 25.7 Å². The third kappa shape index (κ3) is 75.3. The van der Waals surface area contributed by atoms with Crippen molar-refractivity contribution in [3.8, 4) is 0 Å². The molecule has 0 aliphatic heterocycles. The van der Waals surface area contributed by atoms with Crippen LogP contribution in [0.1, 0.15) is 400 Å². The largest absolute Gasteiger partial charge is 0.472 e. The van der Waals surface area contributed by atoms with Crippen molar-refractivity contribution >= 4 is 39.5 Å². The second-order valence-electron chi connectivity index (χ2n) is 28.4. The van der Waals surface area contributed by atoms with E-state index in [0.717, 1.165) is 141 Å². The van der Waals surface area contributed by atoms with E-state index in [9.17, 15) is 43.2 Å². The summed E-state index contributed by atoms with van der Waals surface area (Å²) < 4.78 is 68.7. The smallest absolute Gasteiger partial charge is 0.462 e. The highest BCUT2D eigenvalue weighted by Gasteiger charge is 2.30. The normalized spacial score (nSPS) is 14.1. The van der Waals surface area contributed by atoms with E-state index in [-0.39, 0.29) is 25.7 Å². The quantitative estimate of drug-likeness (QED) is 0.0169. The fraction of sp³-hybridized carbons (Fsp3) is 0.855. The molecule has 0 aromatic carbocycles. The van der Waals surface area contributed by atoms with Crippen LogP contribution in [-0.2, 0) is 65.4 Å². The first-order valence-electron chi connectivity index (χ1n) is 41.9. The summed E-state index contributed by atoms with van der Waals surface area (Å²) in [5, 5.41) is 10.7. The number of allylic oxidation sites excluding steroid dienone is 8. The van der Waals surface area contributed by atoms with Gasteiger partial charge in [-0.15, -0.1) is 0 Å². The van der Waals surface area contributed by atoms with E-state index in [1.54, 1.807) is 0 Å². The fourth-order valence-electron chi connectivity index (χ4n) is 11.8. The van der Waals surface area contributed by atoms with Crippen LogP contribution >= 0.6 is 15.6 Å². The molecule has 17 nitrogen and oxygen atoms in total. The van der Waals surface area contributed by atoms with Crippen molar-refractivity contribution in [2.45, 2.75) is 418 Å². The molecule has 0 spiro atoms. The molecule has 3 N–H and O–H groups in total. The molecule has 598 valence electrons. The molecule has 0 rings (SSSR count). The lowest BCUT2D eigenvalue weighted by atomic mass is 10.0. The van der Waals surface area contributed by atoms with Crippen LogP contribution in [0.25, 0.3) is 0 Å². The van der Waals surface area contributed by atoms with Crippen LogP contribution < -0.4 is 0 Å². The minimum atomic E-state index is -4.97. The molecule has 0 aromatic heterocycles. The highest BCUT2D eigenvalue weighted by atomic mass is 31.2. The van der Waals surface area contributed by atoms with Gasteiger partial charge in [0.1, 0.15) is 19.3 Å². The Balaban J connectivity index is 5.33. The van der Waals surface area contributed by atoms with Crippen molar-refractivity contribution in [1.82, 2.24) is 0 Å². The number of aliphatic hydroxyl groups excluding tert-OH is 1. The van der Waals surface area contributed by atoms with Gasteiger partial charge in [-0.2, -0.15) is 0 Å². The summed E-state index contributed by atoms with van der Waals surface area (Å²) in [6.07, 6.45) is 75.0. The van der Waals surface area contributed by atoms with Gasteiger partial charge in [0.25, 0.3) is 0 Å². The Morgan fingerprint density at radius 1 is 0.275 bits per heavy atom. The Morgan fingerprint density at radius 3 is 0.755 bits per heavy atom. The van der Waals surface area contributed by atoms with E-state index in [0.29, 0.717) is 25.7 Å². The molecule has 0 amide bonds. The van der Waals surface area contributed by atoms with Crippen molar-refractivity contribution < 1.29 is 80.2 Å². The molecule has 0 aliphatic rings. The van der Waals surface area contributed by atoms with Crippen LogP contribution in [-0.4, -0.2) is 96.7 Å². The predicted molar refractivity (Wildman–Crippen MR) is 418 cm³/mol. The number of ether oxygens (including phenoxy) is 4.